The first-order valence-electron chi connectivity index (χ1n) is 4.76. The summed E-state index contributed by atoms with van der Waals surface area (Å²) in [5.41, 5.74) is 0.907. The van der Waals surface area contributed by atoms with E-state index in [4.69, 9.17) is 0 Å². The molecule has 0 radical (unpaired) electrons. The highest BCUT2D eigenvalue weighted by Crippen LogP contribution is 2.77. The second-order valence-electron chi connectivity index (χ2n) is 4.89. The van der Waals surface area contributed by atoms with Gasteiger partial charge < -0.3 is 0 Å². The number of hydrogen-bond donors (Lipinski definition) is 0. The Morgan fingerprint density at radius 3 is 2.30 bits per heavy atom. The fraction of sp³-hybridized carbons (Fsp3) is 1.00. The maximum atomic E-state index is 2.49. The van der Waals surface area contributed by atoms with Crippen LogP contribution in [0.3, 0.4) is 0 Å². The van der Waals surface area contributed by atoms with Crippen LogP contribution in [-0.2, 0) is 0 Å². The molecule has 0 aromatic rings. The van der Waals surface area contributed by atoms with Gasteiger partial charge in [0.2, 0.25) is 0 Å². The van der Waals surface area contributed by atoms with Crippen LogP contribution < -0.4 is 0 Å². The van der Waals surface area contributed by atoms with Crippen molar-refractivity contribution in [2.75, 3.05) is 0 Å². The lowest BCUT2D eigenvalue weighted by Gasteiger charge is -2.58. The van der Waals surface area contributed by atoms with E-state index in [0.29, 0.717) is 0 Å². The predicted molar refractivity (Wildman–Crippen MR) is 41.6 cm³/mol. The van der Waals surface area contributed by atoms with Crippen molar-refractivity contribution in [3.63, 3.8) is 0 Å². The van der Waals surface area contributed by atoms with E-state index in [0.717, 1.165) is 23.2 Å². The molecule has 0 N–H and O–H groups in total. The number of fused-ring (bicyclic) bond motifs is 1. The normalized spacial score (nSPS) is 70.2. The van der Waals surface area contributed by atoms with Gasteiger partial charge in [-0.1, -0.05) is 13.8 Å². The summed E-state index contributed by atoms with van der Waals surface area (Å²) < 4.78 is 0. The summed E-state index contributed by atoms with van der Waals surface area (Å²) in [6.45, 7) is 4.96. The van der Waals surface area contributed by atoms with Crippen molar-refractivity contribution in [3.05, 3.63) is 0 Å². The van der Waals surface area contributed by atoms with Crippen molar-refractivity contribution in [2.24, 2.45) is 29.1 Å². The van der Waals surface area contributed by atoms with Crippen molar-refractivity contribution in [3.8, 4) is 0 Å². The van der Waals surface area contributed by atoms with E-state index in [9.17, 15) is 0 Å². The van der Waals surface area contributed by atoms with E-state index in [1.54, 1.807) is 19.3 Å². The third kappa shape index (κ3) is 0.320. The van der Waals surface area contributed by atoms with Crippen LogP contribution in [0, 0.1) is 29.1 Å². The maximum Gasteiger partial charge on any atom is -0.0235 e. The van der Waals surface area contributed by atoms with Crippen LogP contribution in [0.15, 0.2) is 0 Å². The van der Waals surface area contributed by atoms with Gasteiger partial charge in [-0.3, -0.25) is 0 Å². The van der Waals surface area contributed by atoms with Gasteiger partial charge in [0, 0.05) is 0 Å². The Balaban J connectivity index is 2.02. The summed E-state index contributed by atoms with van der Waals surface area (Å²) in [6, 6.07) is 0. The van der Waals surface area contributed by atoms with Crippen LogP contribution >= 0.6 is 0 Å². The van der Waals surface area contributed by atoms with Gasteiger partial charge in [-0.25, -0.2) is 0 Å². The molecule has 4 rings (SSSR count). The Labute approximate surface area is 63.0 Å². The Hall–Kier alpha value is 0. The maximum absolute atomic E-state index is 2.49. The summed E-state index contributed by atoms with van der Waals surface area (Å²) >= 11 is 0. The van der Waals surface area contributed by atoms with Gasteiger partial charge in [-0.05, 0) is 48.3 Å². The molecule has 4 saturated carbocycles. The zero-order chi connectivity index (χ0) is 6.93. The summed E-state index contributed by atoms with van der Waals surface area (Å²) in [6.07, 6.45) is 4.74. The van der Waals surface area contributed by atoms with Gasteiger partial charge in [-0.2, -0.15) is 0 Å². The average Bonchev–Trinajstić information content (AvgIpc) is 2.19. The quantitative estimate of drug-likeness (QED) is 0.480. The summed E-state index contributed by atoms with van der Waals surface area (Å²) in [7, 11) is 0. The second kappa shape index (κ2) is 1.31. The molecule has 0 nitrogen and oxygen atoms in total. The zero-order valence-electron chi connectivity index (χ0n) is 6.93. The minimum absolute atomic E-state index is 0.907. The van der Waals surface area contributed by atoms with Gasteiger partial charge in [0.15, 0.2) is 0 Å². The van der Waals surface area contributed by atoms with E-state index >= 15 is 0 Å². The molecule has 0 heteroatoms. The monoisotopic (exact) mass is 136 g/mol. The summed E-state index contributed by atoms with van der Waals surface area (Å²) in [5.74, 6) is 4.48. The van der Waals surface area contributed by atoms with E-state index in [1.807, 2.05) is 0 Å². The highest BCUT2D eigenvalue weighted by Gasteiger charge is 2.70. The summed E-state index contributed by atoms with van der Waals surface area (Å²) in [4.78, 5) is 0. The molecule has 4 aliphatic rings. The predicted octanol–water partition coefficient (Wildman–Crippen LogP) is 2.69. The molecule has 4 aliphatic carbocycles. The van der Waals surface area contributed by atoms with Crippen molar-refractivity contribution >= 4 is 0 Å². The lowest BCUT2D eigenvalue weighted by Crippen LogP contribution is -2.50. The highest BCUT2D eigenvalue weighted by molar-refractivity contribution is 5.18. The molecular formula is C10H16. The molecule has 0 amide bonds. The Bertz CT molecular complexity index is 182. The van der Waals surface area contributed by atoms with E-state index in [1.165, 1.54) is 5.92 Å². The van der Waals surface area contributed by atoms with Gasteiger partial charge in [0.1, 0.15) is 0 Å². The van der Waals surface area contributed by atoms with Crippen molar-refractivity contribution in [1.82, 2.24) is 0 Å². The molecule has 1 spiro atoms. The molecule has 56 valence electrons. The first kappa shape index (κ1) is 5.62. The van der Waals surface area contributed by atoms with E-state index in [-0.39, 0.29) is 0 Å². The summed E-state index contributed by atoms with van der Waals surface area (Å²) in [5, 5.41) is 0. The van der Waals surface area contributed by atoms with Gasteiger partial charge in [0.05, 0.1) is 0 Å². The van der Waals surface area contributed by atoms with Crippen molar-refractivity contribution in [2.45, 2.75) is 33.1 Å². The number of rotatable bonds is 0. The molecule has 4 fully saturated rings. The van der Waals surface area contributed by atoms with Gasteiger partial charge in [0.25, 0.3) is 0 Å². The molecule has 10 heavy (non-hydrogen) atoms. The first-order valence-corrected chi connectivity index (χ1v) is 4.76. The second-order valence-corrected chi connectivity index (χ2v) is 4.89. The average molecular weight is 136 g/mol. The van der Waals surface area contributed by atoms with Gasteiger partial charge in [-0.15, -0.1) is 0 Å². The van der Waals surface area contributed by atoms with Gasteiger partial charge >= 0.3 is 0 Å². The van der Waals surface area contributed by atoms with Crippen LogP contribution in [0.1, 0.15) is 33.1 Å². The lowest BCUT2D eigenvalue weighted by atomic mass is 9.46. The van der Waals surface area contributed by atoms with Crippen molar-refractivity contribution < 1.29 is 0 Å². The first-order chi connectivity index (χ1) is 4.76. The van der Waals surface area contributed by atoms with E-state index in [2.05, 4.69) is 13.8 Å². The molecule has 3 unspecified atom stereocenters. The van der Waals surface area contributed by atoms with Crippen LogP contribution in [-0.4, -0.2) is 0 Å². The molecular weight excluding hydrogens is 120 g/mol. The fourth-order valence-electron chi connectivity index (χ4n) is 4.19. The molecule has 0 aromatic carbocycles. The van der Waals surface area contributed by atoms with Crippen molar-refractivity contribution in [1.29, 1.82) is 0 Å². The topological polar surface area (TPSA) is 0 Å². The molecule has 0 aromatic heterocycles. The minimum Gasteiger partial charge on any atom is -0.0620 e. The standard InChI is InChI=1S/C10H16/c1-6-7(2)10-4-3-9(10)8(6)5-10/h6-9H,3-5H2,1-2H3/t6-,7?,8?,9+,10?/m0/s1. The molecule has 2 bridgehead atoms. The Kier molecular flexibility index (Phi) is 0.735. The Morgan fingerprint density at radius 1 is 1.30 bits per heavy atom. The molecule has 0 saturated heterocycles. The third-order valence-electron chi connectivity index (χ3n) is 5.16. The Morgan fingerprint density at radius 2 is 2.10 bits per heavy atom. The number of hydrogen-bond acceptors (Lipinski definition) is 0. The van der Waals surface area contributed by atoms with Crippen LogP contribution in [0.5, 0.6) is 0 Å². The third-order valence-corrected chi connectivity index (χ3v) is 5.16. The van der Waals surface area contributed by atoms with Crippen LogP contribution in [0.4, 0.5) is 0 Å². The lowest BCUT2D eigenvalue weighted by molar-refractivity contribution is -0.0914. The molecule has 0 heterocycles. The van der Waals surface area contributed by atoms with E-state index < -0.39 is 0 Å². The largest absolute Gasteiger partial charge is 0.0620 e. The fourth-order valence-corrected chi connectivity index (χ4v) is 4.19. The molecule has 0 aliphatic heterocycles. The van der Waals surface area contributed by atoms with Crippen LogP contribution in [0.25, 0.3) is 0 Å². The molecule has 5 atom stereocenters. The SMILES string of the molecule is CC1[C@H](C)C2CC13CC[C@H]23. The highest BCUT2D eigenvalue weighted by atomic mass is 14.7. The van der Waals surface area contributed by atoms with Crippen LogP contribution in [0.2, 0.25) is 0 Å². The zero-order valence-corrected chi connectivity index (χ0v) is 6.93. The minimum atomic E-state index is 0.907. The smallest absolute Gasteiger partial charge is 0.0235 e.